The highest BCUT2D eigenvalue weighted by Gasteiger charge is 2.58. The Hall–Kier alpha value is -0.0800. The first-order chi connectivity index (χ1) is 9.11. The summed E-state index contributed by atoms with van der Waals surface area (Å²) in [6.07, 6.45) is 8.66. The van der Waals surface area contributed by atoms with Crippen molar-refractivity contribution in [1.29, 1.82) is 0 Å². The molecule has 0 atom stereocenters. The summed E-state index contributed by atoms with van der Waals surface area (Å²) in [7, 11) is 0. The van der Waals surface area contributed by atoms with Gasteiger partial charge in [0.05, 0.1) is 0 Å². The maximum absolute atomic E-state index is 6.42. The minimum atomic E-state index is 0.345. The molecule has 2 nitrogen and oxygen atoms in total. The molecule has 19 heavy (non-hydrogen) atoms. The van der Waals surface area contributed by atoms with E-state index in [0.29, 0.717) is 11.6 Å². The first kappa shape index (κ1) is 13.9. The largest absolute Gasteiger partial charge is 0.329 e. The van der Waals surface area contributed by atoms with Crippen LogP contribution in [0, 0.1) is 23.7 Å². The van der Waals surface area contributed by atoms with Crippen LogP contribution in [0.1, 0.15) is 59.3 Å². The Balaban J connectivity index is 1.93. The molecule has 0 unspecified atom stereocenters. The fraction of sp³-hybridized carbons (Fsp3) is 1.00. The summed E-state index contributed by atoms with van der Waals surface area (Å²) in [5.41, 5.74) is 6.76. The maximum Gasteiger partial charge on any atom is 0.0390 e. The lowest BCUT2D eigenvalue weighted by Gasteiger charge is -2.65. The molecule has 4 aliphatic rings. The molecule has 0 heterocycles. The molecule has 0 aromatic rings. The summed E-state index contributed by atoms with van der Waals surface area (Å²) < 4.78 is 0. The molecule has 2 N–H and O–H groups in total. The van der Waals surface area contributed by atoms with Crippen LogP contribution in [0.4, 0.5) is 0 Å². The molecule has 0 radical (unpaired) electrons. The van der Waals surface area contributed by atoms with E-state index in [2.05, 4.69) is 25.7 Å². The van der Waals surface area contributed by atoms with Crippen molar-refractivity contribution < 1.29 is 0 Å². The zero-order chi connectivity index (χ0) is 13.6. The molecule has 110 valence electrons. The molecule has 4 bridgehead atoms. The molecule has 4 aliphatic carbocycles. The predicted octanol–water partition coefficient (Wildman–Crippen LogP) is 3.26. The second-order valence-electron chi connectivity index (χ2n) is 7.79. The van der Waals surface area contributed by atoms with Gasteiger partial charge in [-0.3, -0.25) is 4.90 Å². The minimum absolute atomic E-state index is 0.345. The van der Waals surface area contributed by atoms with Crippen molar-refractivity contribution in [3.63, 3.8) is 0 Å². The number of hydrogen-bond donors (Lipinski definition) is 1. The van der Waals surface area contributed by atoms with E-state index in [1.54, 1.807) is 0 Å². The van der Waals surface area contributed by atoms with E-state index < -0.39 is 0 Å². The van der Waals surface area contributed by atoms with Crippen molar-refractivity contribution in [3.8, 4) is 0 Å². The Bertz CT molecular complexity index is 295. The molecule has 0 aromatic carbocycles. The number of nitrogens with zero attached hydrogens (tertiary/aromatic N) is 1. The van der Waals surface area contributed by atoms with Crippen molar-refractivity contribution in [2.75, 3.05) is 13.1 Å². The highest BCUT2D eigenvalue weighted by molar-refractivity contribution is 5.13. The Morgan fingerprint density at radius 2 is 1.58 bits per heavy atom. The zero-order valence-corrected chi connectivity index (χ0v) is 13.1. The van der Waals surface area contributed by atoms with Crippen molar-refractivity contribution in [2.45, 2.75) is 70.9 Å². The van der Waals surface area contributed by atoms with Crippen LogP contribution in [0.15, 0.2) is 0 Å². The fourth-order valence-corrected chi connectivity index (χ4v) is 6.11. The average Bonchev–Trinajstić information content (AvgIpc) is 2.37. The SMILES string of the molecule is CCCN(C(C)C)C1(CN)C2CC3CC(C2)CC1C3. The van der Waals surface area contributed by atoms with Gasteiger partial charge >= 0.3 is 0 Å². The van der Waals surface area contributed by atoms with Crippen molar-refractivity contribution in [2.24, 2.45) is 29.4 Å². The molecule has 0 aromatic heterocycles. The van der Waals surface area contributed by atoms with Gasteiger partial charge in [0.15, 0.2) is 0 Å². The van der Waals surface area contributed by atoms with Crippen LogP contribution < -0.4 is 5.73 Å². The second kappa shape index (κ2) is 5.04. The normalized spacial score (nSPS) is 44.5. The third kappa shape index (κ3) is 1.98. The zero-order valence-electron chi connectivity index (χ0n) is 13.1. The van der Waals surface area contributed by atoms with Gasteiger partial charge in [-0.2, -0.15) is 0 Å². The van der Waals surface area contributed by atoms with E-state index in [4.69, 9.17) is 5.73 Å². The summed E-state index contributed by atoms with van der Waals surface area (Å²) in [6, 6.07) is 0.640. The molecular formula is C17H32N2. The van der Waals surface area contributed by atoms with Gasteiger partial charge in [-0.05, 0) is 82.6 Å². The minimum Gasteiger partial charge on any atom is -0.329 e. The van der Waals surface area contributed by atoms with E-state index in [1.807, 2.05) is 0 Å². The van der Waals surface area contributed by atoms with E-state index in [-0.39, 0.29) is 0 Å². The van der Waals surface area contributed by atoms with Gasteiger partial charge in [-0.15, -0.1) is 0 Å². The van der Waals surface area contributed by atoms with Gasteiger partial charge in [0, 0.05) is 18.1 Å². The highest BCUT2D eigenvalue weighted by Crippen LogP contribution is 2.60. The predicted molar refractivity (Wildman–Crippen MR) is 81.0 cm³/mol. The second-order valence-corrected chi connectivity index (χ2v) is 7.79. The van der Waals surface area contributed by atoms with E-state index in [1.165, 1.54) is 45.1 Å². The van der Waals surface area contributed by atoms with Gasteiger partial charge in [0.1, 0.15) is 0 Å². The van der Waals surface area contributed by atoms with Crippen LogP contribution in [-0.4, -0.2) is 29.6 Å². The fourth-order valence-electron chi connectivity index (χ4n) is 6.11. The monoisotopic (exact) mass is 264 g/mol. The Kier molecular flexibility index (Phi) is 3.68. The molecule has 4 rings (SSSR count). The molecule has 0 saturated heterocycles. The average molecular weight is 264 g/mol. The summed E-state index contributed by atoms with van der Waals surface area (Å²) in [4.78, 5) is 2.81. The quantitative estimate of drug-likeness (QED) is 0.826. The van der Waals surface area contributed by atoms with Crippen LogP contribution in [-0.2, 0) is 0 Å². The van der Waals surface area contributed by atoms with E-state index >= 15 is 0 Å². The standard InChI is InChI=1S/C17H32N2/c1-4-5-19(12(2)3)17(11-18)15-7-13-6-14(9-15)10-16(17)8-13/h12-16H,4-11,18H2,1-3H3. The third-order valence-electron chi connectivity index (χ3n) is 6.50. The molecule has 2 heteroatoms. The molecule has 0 aliphatic heterocycles. The summed E-state index contributed by atoms with van der Waals surface area (Å²) >= 11 is 0. The van der Waals surface area contributed by atoms with Gasteiger partial charge in [0.25, 0.3) is 0 Å². The van der Waals surface area contributed by atoms with Gasteiger partial charge in [-0.1, -0.05) is 6.92 Å². The lowest BCUT2D eigenvalue weighted by Crippen LogP contribution is -2.70. The number of hydrogen-bond acceptors (Lipinski definition) is 2. The molecular weight excluding hydrogens is 232 g/mol. The molecule has 4 saturated carbocycles. The van der Waals surface area contributed by atoms with Crippen LogP contribution in [0.3, 0.4) is 0 Å². The van der Waals surface area contributed by atoms with Gasteiger partial charge < -0.3 is 5.73 Å². The maximum atomic E-state index is 6.42. The first-order valence-electron chi connectivity index (χ1n) is 8.58. The van der Waals surface area contributed by atoms with Gasteiger partial charge in [0.2, 0.25) is 0 Å². The van der Waals surface area contributed by atoms with Crippen molar-refractivity contribution in [1.82, 2.24) is 4.90 Å². The number of nitrogens with two attached hydrogens (primary N) is 1. The topological polar surface area (TPSA) is 29.3 Å². The summed E-state index contributed by atoms with van der Waals surface area (Å²) in [6.45, 7) is 9.18. The van der Waals surface area contributed by atoms with Crippen LogP contribution in [0.25, 0.3) is 0 Å². The summed E-state index contributed by atoms with van der Waals surface area (Å²) in [5, 5.41) is 0. The number of rotatable bonds is 5. The van der Waals surface area contributed by atoms with E-state index in [0.717, 1.165) is 30.2 Å². The lowest BCUT2D eigenvalue weighted by atomic mass is 9.48. The smallest absolute Gasteiger partial charge is 0.0390 e. The van der Waals surface area contributed by atoms with Gasteiger partial charge in [-0.25, -0.2) is 0 Å². The van der Waals surface area contributed by atoms with Crippen LogP contribution in [0.2, 0.25) is 0 Å². The van der Waals surface area contributed by atoms with Crippen molar-refractivity contribution in [3.05, 3.63) is 0 Å². The Labute approximate surface area is 119 Å². The molecule has 4 fully saturated rings. The Morgan fingerprint density at radius 3 is 1.95 bits per heavy atom. The summed E-state index contributed by atoms with van der Waals surface area (Å²) in [5.74, 6) is 3.86. The third-order valence-corrected chi connectivity index (χ3v) is 6.50. The first-order valence-corrected chi connectivity index (χ1v) is 8.58. The molecule has 0 spiro atoms. The molecule has 0 amide bonds. The van der Waals surface area contributed by atoms with Crippen LogP contribution in [0.5, 0.6) is 0 Å². The van der Waals surface area contributed by atoms with Crippen LogP contribution >= 0.6 is 0 Å². The lowest BCUT2D eigenvalue weighted by molar-refractivity contribution is -0.140. The highest BCUT2D eigenvalue weighted by atomic mass is 15.2. The van der Waals surface area contributed by atoms with E-state index in [9.17, 15) is 0 Å². The van der Waals surface area contributed by atoms with Crippen molar-refractivity contribution >= 4 is 0 Å². The Morgan fingerprint density at radius 1 is 1.05 bits per heavy atom.